The van der Waals surface area contributed by atoms with E-state index in [9.17, 15) is 5.11 Å². The second kappa shape index (κ2) is 7.15. The Bertz CT molecular complexity index is 778. The van der Waals surface area contributed by atoms with Crippen molar-refractivity contribution in [3.63, 3.8) is 0 Å². The lowest BCUT2D eigenvalue weighted by molar-refractivity contribution is 0.153. The van der Waals surface area contributed by atoms with Crippen molar-refractivity contribution in [1.29, 1.82) is 0 Å². The van der Waals surface area contributed by atoms with Crippen LogP contribution in [0.1, 0.15) is 35.6 Å². The third kappa shape index (κ3) is 3.49. The van der Waals surface area contributed by atoms with Crippen LogP contribution in [0, 0.1) is 13.8 Å². The summed E-state index contributed by atoms with van der Waals surface area (Å²) >= 11 is 0. The Morgan fingerprint density at radius 2 is 1.85 bits per heavy atom. The van der Waals surface area contributed by atoms with E-state index in [1.807, 2.05) is 26.0 Å². The number of piperidine rings is 1. The molecule has 0 radical (unpaired) electrons. The summed E-state index contributed by atoms with van der Waals surface area (Å²) in [6, 6.07) is 4.04. The molecule has 2 aliphatic heterocycles. The van der Waals surface area contributed by atoms with Gasteiger partial charge in [-0.2, -0.15) is 5.10 Å². The molecule has 0 aliphatic carbocycles. The Labute approximate surface area is 154 Å². The topological polar surface area (TPSA) is 78.3 Å². The molecule has 7 nitrogen and oxygen atoms in total. The van der Waals surface area contributed by atoms with Gasteiger partial charge in [-0.05, 0) is 45.2 Å². The monoisotopic (exact) mass is 354 g/mol. The van der Waals surface area contributed by atoms with E-state index in [0.29, 0.717) is 6.54 Å². The quantitative estimate of drug-likeness (QED) is 0.874. The van der Waals surface area contributed by atoms with Gasteiger partial charge in [0.05, 0.1) is 17.5 Å². The van der Waals surface area contributed by atoms with E-state index >= 15 is 0 Å². The van der Waals surface area contributed by atoms with E-state index < -0.39 is 0 Å². The smallest absolute Gasteiger partial charge is 0.151 e. The molecule has 138 valence electrons. The summed E-state index contributed by atoms with van der Waals surface area (Å²) < 4.78 is 0. The maximum atomic E-state index is 10.1. The van der Waals surface area contributed by atoms with Crippen LogP contribution in [-0.2, 0) is 12.8 Å². The van der Waals surface area contributed by atoms with Crippen LogP contribution in [-0.4, -0.2) is 57.6 Å². The van der Waals surface area contributed by atoms with Crippen LogP contribution >= 0.6 is 0 Å². The third-order valence-corrected chi connectivity index (χ3v) is 5.24. The number of aliphatic hydroxyl groups is 1. The van der Waals surface area contributed by atoms with Gasteiger partial charge in [0.1, 0.15) is 11.6 Å². The van der Waals surface area contributed by atoms with Gasteiger partial charge >= 0.3 is 0 Å². The minimum absolute atomic E-state index is 0.264. The molecule has 2 aromatic heterocycles. The molecule has 0 spiro atoms. The lowest BCUT2D eigenvalue weighted by atomic mass is 10.0. The largest absolute Gasteiger partial charge is 0.391 e. The van der Waals surface area contributed by atoms with Crippen LogP contribution in [0.25, 0.3) is 0 Å². The Kier molecular flexibility index (Phi) is 4.72. The van der Waals surface area contributed by atoms with Crippen molar-refractivity contribution in [3.8, 4) is 0 Å². The number of aryl methyl sites for hydroxylation is 2. The molecule has 4 rings (SSSR count). The molecule has 0 amide bonds. The van der Waals surface area contributed by atoms with Crippen LogP contribution in [0.2, 0.25) is 0 Å². The second-order valence-corrected chi connectivity index (χ2v) is 7.28. The van der Waals surface area contributed by atoms with Crippen molar-refractivity contribution >= 4 is 11.6 Å². The first-order valence-corrected chi connectivity index (χ1v) is 9.45. The number of β-amino-alcohol motifs (C(OH)–C–C–N with tert-alkyl or cyclic N) is 1. The average molecular weight is 354 g/mol. The molecule has 2 aliphatic rings. The summed E-state index contributed by atoms with van der Waals surface area (Å²) in [4.78, 5) is 14.0. The summed E-state index contributed by atoms with van der Waals surface area (Å²) in [6.07, 6.45) is 3.37. The number of aliphatic hydroxyl groups excluding tert-OH is 1. The summed E-state index contributed by atoms with van der Waals surface area (Å²) in [5.74, 6) is 2.74. The maximum Gasteiger partial charge on any atom is 0.151 e. The van der Waals surface area contributed by atoms with Crippen LogP contribution in [0.5, 0.6) is 0 Å². The van der Waals surface area contributed by atoms with Gasteiger partial charge in [-0.1, -0.05) is 0 Å². The third-order valence-electron chi connectivity index (χ3n) is 5.24. The Morgan fingerprint density at radius 3 is 2.62 bits per heavy atom. The molecule has 0 unspecified atom stereocenters. The first kappa shape index (κ1) is 17.1. The molecule has 2 aromatic rings. The first-order chi connectivity index (χ1) is 12.6. The van der Waals surface area contributed by atoms with Crippen molar-refractivity contribution in [2.75, 3.05) is 36.0 Å². The van der Waals surface area contributed by atoms with Gasteiger partial charge in [0, 0.05) is 38.2 Å². The summed E-state index contributed by atoms with van der Waals surface area (Å²) in [5, 5.41) is 18.6. The number of fused-ring (bicyclic) bond motifs is 1. The fourth-order valence-corrected chi connectivity index (χ4v) is 3.90. The second-order valence-electron chi connectivity index (χ2n) is 7.28. The van der Waals surface area contributed by atoms with Gasteiger partial charge in [-0.3, -0.25) is 0 Å². The SMILES string of the molecule is Cc1ccc(N2CCc3nc(C)nc(N4CCC[C@H](O)C4)c3CC2)nn1. The average Bonchev–Trinajstić information content (AvgIpc) is 2.84. The maximum absolute atomic E-state index is 10.1. The molecule has 1 fully saturated rings. The molecule has 0 saturated carbocycles. The zero-order valence-corrected chi connectivity index (χ0v) is 15.5. The molecule has 26 heavy (non-hydrogen) atoms. The summed E-state index contributed by atoms with van der Waals surface area (Å²) in [5.41, 5.74) is 3.29. The first-order valence-electron chi connectivity index (χ1n) is 9.45. The molecule has 7 heteroatoms. The highest BCUT2D eigenvalue weighted by atomic mass is 16.3. The predicted octanol–water partition coefficient (Wildman–Crippen LogP) is 1.45. The predicted molar refractivity (Wildman–Crippen MR) is 101 cm³/mol. The minimum Gasteiger partial charge on any atom is -0.391 e. The lowest BCUT2D eigenvalue weighted by Gasteiger charge is -2.32. The van der Waals surface area contributed by atoms with E-state index in [2.05, 4.69) is 20.0 Å². The fraction of sp³-hybridized carbons (Fsp3) is 0.579. The Hall–Kier alpha value is -2.28. The normalized spacial score (nSPS) is 20.7. The molecule has 0 aromatic carbocycles. The highest BCUT2D eigenvalue weighted by Crippen LogP contribution is 2.28. The summed E-state index contributed by atoms with van der Waals surface area (Å²) in [7, 11) is 0. The molecule has 1 N–H and O–H groups in total. The molecule has 4 heterocycles. The Balaban J connectivity index is 1.61. The van der Waals surface area contributed by atoms with Gasteiger partial charge in [0.25, 0.3) is 0 Å². The van der Waals surface area contributed by atoms with Crippen LogP contribution in [0.15, 0.2) is 12.1 Å². The number of hydrogen-bond acceptors (Lipinski definition) is 7. The standard InChI is InChI=1S/C19H26N6O/c1-13-5-6-18(23-22-13)24-10-7-16-17(8-11-24)20-14(2)21-19(16)25-9-3-4-15(26)12-25/h5-6,15,26H,3-4,7-12H2,1-2H3/t15-/m0/s1. The number of nitrogens with zero attached hydrogens (tertiary/aromatic N) is 6. The van der Waals surface area contributed by atoms with Gasteiger partial charge in [-0.15, -0.1) is 5.10 Å². The zero-order chi connectivity index (χ0) is 18.1. The number of anilines is 2. The van der Waals surface area contributed by atoms with Crippen LogP contribution < -0.4 is 9.80 Å². The molecule has 1 saturated heterocycles. The van der Waals surface area contributed by atoms with E-state index in [4.69, 9.17) is 9.97 Å². The van der Waals surface area contributed by atoms with Crippen LogP contribution in [0.3, 0.4) is 0 Å². The summed E-state index contributed by atoms with van der Waals surface area (Å²) in [6.45, 7) is 7.28. The Morgan fingerprint density at radius 1 is 1.00 bits per heavy atom. The molecular formula is C19H26N6O. The van der Waals surface area contributed by atoms with Crippen molar-refractivity contribution in [3.05, 3.63) is 34.9 Å². The van der Waals surface area contributed by atoms with Crippen LogP contribution in [0.4, 0.5) is 11.6 Å². The number of hydrogen-bond donors (Lipinski definition) is 1. The van der Waals surface area contributed by atoms with E-state index in [1.54, 1.807) is 0 Å². The number of aromatic nitrogens is 4. The van der Waals surface area contributed by atoms with Gasteiger partial charge in [0.15, 0.2) is 5.82 Å². The molecule has 0 bridgehead atoms. The van der Waals surface area contributed by atoms with E-state index in [-0.39, 0.29) is 6.10 Å². The number of rotatable bonds is 2. The van der Waals surface area contributed by atoms with E-state index in [0.717, 1.165) is 74.2 Å². The highest BCUT2D eigenvalue weighted by Gasteiger charge is 2.26. The lowest BCUT2D eigenvalue weighted by Crippen LogP contribution is -2.39. The fourth-order valence-electron chi connectivity index (χ4n) is 3.90. The van der Waals surface area contributed by atoms with Crippen molar-refractivity contribution in [2.24, 2.45) is 0 Å². The van der Waals surface area contributed by atoms with Gasteiger partial charge < -0.3 is 14.9 Å². The van der Waals surface area contributed by atoms with E-state index in [1.165, 1.54) is 5.56 Å². The molecule has 1 atom stereocenters. The highest BCUT2D eigenvalue weighted by molar-refractivity contribution is 5.52. The van der Waals surface area contributed by atoms with Gasteiger partial charge in [0.2, 0.25) is 0 Å². The minimum atomic E-state index is -0.264. The van der Waals surface area contributed by atoms with Crippen molar-refractivity contribution in [1.82, 2.24) is 20.2 Å². The van der Waals surface area contributed by atoms with Gasteiger partial charge in [-0.25, -0.2) is 9.97 Å². The zero-order valence-electron chi connectivity index (χ0n) is 15.5. The van der Waals surface area contributed by atoms with Crippen molar-refractivity contribution in [2.45, 2.75) is 45.6 Å². The molecular weight excluding hydrogens is 328 g/mol. The van der Waals surface area contributed by atoms with Crippen molar-refractivity contribution < 1.29 is 5.11 Å².